The van der Waals surface area contributed by atoms with E-state index in [1.54, 1.807) is 0 Å². The van der Waals surface area contributed by atoms with Crippen LogP contribution in [0.3, 0.4) is 0 Å². The van der Waals surface area contributed by atoms with Crippen molar-refractivity contribution in [1.82, 2.24) is 9.88 Å². The molecule has 0 amide bonds. The van der Waals surface area contributed by atoms with Crippen molar-refractivity contribution in [3.05, 3.63) is 71.8 Å². The molecule has 1 aromatic heterocycles. The van der Waals surface area contributed by atoms with Gasteiger partial charge >= 0.3 is 0 Å². The van der Waals surface area contributed by atoms with E-state index in [-0.39, 0.29) is 6.61 Å². The largest absolute Gasteiger partial charge is 0.392 e. The van der Waals surface area contributed by atoms with E-state index >= 15 is 0 Å². The van der Waals surface area contributed by atoms with E-state index in [1.165, 1.54) is 5.56 Å². The number of aliphatic hydroxyl groups is 1. The van der Waals surface area contributed by atoms with Crippen molar-refractivity contribution in [3.8, 4) is 0 Å². The molecule has 2 aromatic carbocycles. The van der Waals surface area contributed by atoms with Gasteiger partial charge in [0, 0.05) is 36.6 Å². The second kappa shape index (κ2) is 7.44. The van der Waals surface area contributed by atoms with Crippen LogP contribution in [0.25, 0.3) is 10.9 Å². The van der Waals surface area contributed by atoms with Crippen LogP contribution >= 0.6 is 0 Å². The average Bonchev–Trinajstić information content (AvgIpc) is 3.01. The zero-order valence-corrected chi connectivity index (χ0v) is 15.1. The highest BCUT2D eigenvalue weighted by Crippen LogP contribution is 2.26. The van der Waals surface area contributed by atoms with Gasteiger partial charge in [-0.1, -0.05) is 55.5 Å². The average molecular weight is 347 g/mol. The number of hydrogen-bond acceptors (Lipinski definition) is 4. The molecule has 4 rings (SSSR count). The van der Waals surface area contributed by atoms with Gasteiger partial charge in [-0.15, -0.1) is 0 Å². The Hall–Kier alpha value is -2.43. The van der Waals surface area contributed by atoms with Crippen molar-refractivity contribution in [2.45, 2.75) is 26.1 Å². The van der Waals surface area contributed by atoms with Gasteiger partial charge in [0.25, 0.3) is 0 Å². The van der Waals surface area contributed by atoms with Crippen LogP contribution in [0.15, 0.2) is 60.7 Å². The minimum absolute atomic E-state index is 0.00496. The van der Waals surface area contributed by atoms with E-state index in [4.69, 9.17) is 4.98 Å². The number of likely N-dealkylation sites (tertiary alicyclic amines) is 1. The highest BCUT2D eigenvalue weighted by atomic mass is 16.3. The number of hydrogen-bond donors (Lipinski definition) is 2. The van der Waals surface area contributed by atoms with Gasteiger partial charge in [0.15, 0.2) is 0 Å². The van der Waals surface area contributed by atoms with Crippen LogP contribution in [0.2, 0.25) is 0 Å². The lowest BCUT2D eigenvalue weighted by molar-refractivity contribution is 0.282. The summed E-state index contributed by atoms with van der Waals surface area (Å²) in [5.74, 6) is 1.34. The maximum Gasteiger partial charge on any atom is 0.132 e. The summed E-state index contributed by atoms with van der Waals surface area (Å²) < 4.78 is 0. The fourth-order valence-electron chi connectivity index (χ4n) is 3.81. The molecule has 2 N–H and O–H groups in total. The van der Waals surface area contributed by atoms with Crippen molar-refractivity contribution in [2.75, 3.05) is 18.4 Å². The van der Waals surface area contributed by atoms with Crippen LogP contribution in [0.1, 0.15) is 18.1 Å². The maximum absolute atomic E-state index is 9.77. The van der Waals surface area contributed by atoms with Gasteiger partial charge in [-0.25, -0.2) is 4.98 Å². The lowest BCUT2D eigenvalue weighted by Crippen LogP contribution is -2.29. The Morgan fingerprint density at radius 3 is 2.65 bits per heavy atom. The summed E-state index contributed by atoms with van der Waals surface area (Å²) >= 11 is 0. The fraction of sp³-hybridized carbons (Fsp3) is 0.318. The molecule has 0 radical (unpaired) electrons. The Labute approximate surface area is 154 Å². The minimum atomic E-state index is -0.00496. The van der Waals surface area contributed by atoms with Gasteiger partial charge in [0.05, 0.1) is 12.1 Å². The molecule has 0 bridgehead atoms. The third kappa shape index (κ3) is 3.57. The molecule has 1 aliphatic heterocycles. The number of nitrogens with zero attached hydrogens (tertiary/aromatic N) is 2. The van der Waals surface area contributed by atoms with E-state index < -0.39 is 0 Å². The number of fused-ring (bicyclic) bond motifs is 1. The number of anilines is 1. The zero-order chi connectivity index (χ0) is 17.9. The molecule has 26 heavy (non-hydrogen) atoms. The van der Waals surface area contributed by atoms with Gasteiger partial charge < -0.3 is 10.4 Å². The molecule has 4 nitrogen and oxygen atoms in total. The third-order valence-electron chi connectivity index (χ3n) is 5.23. The predicted octanol–water partition coefficient (Wildman–Crippen LogP) is 3.66. The van der Waals surface area contributed by atoms with Crippen molar-refractivity contribution in [3.63, 3.8) is 0 Å². The van der Waals surface area contributed by atoms with E-state index in [0.29, 0.717) is 12.0 Å². The third-order valence-corrected chi connectivity index (χ3v) is 5.23. The Morgan fingerprint density at radius 2 is 1.85 bits per heavy atom. The summed E-state index contributed by atoms with van der Waals surface area (Å²) in [5, 5.41) is 14.4. The number of para-hydroxylation sites is 1. The maximum atomic E-state index is 9.77. The van der Waals surface area contributed by atoms with E-state index in [2.05, 4.69) is 47.5 Å². The van der Waals surface area contributed by atoms with E-state index in [9.17, 15) is 5.11 Å². The fourth-order valence-corrected chi connectivity index (χ4v) is 3.81. The summed E-state index contributed by atoms with van der Waals surface area (Å²) in [7, 11) is 0. The Kier molecular flexibility index (Phi) is 4.87. The van der Waals surface area contributed by atoms with Crippen molar-refractivity contribution in [1.29, 1.82) is 0 Å². The number of aromatic nitrogens is 1. The van der Waals surface area contributed by atoms with Crippen LogP contribution in [0.5, 0.6) is 0 Å². The van der Waals surface area contributed by atoms with Crippen molar-refractivity contribution in [2.24, 2.45) is 5.92 Å². The number of nitrogens with one attached hydrogen (secondary N) is 1. The van der Waals surface area contributed by atoms with Crippen LogP contribution in [-0.4, -0.2) is 34.1 Å². The highest BCUT2D eigenvalue weighted by Gasteiger charge is 2.30. The molecule has 1 fully saturated rings. The molecule has 2 unspecified atom stereocenters. The first-order chi connectivity index (χ1) is 12.7. The normalized spacial score (nSPS) is 20.5. The number of pyridine rings is 1. The van der Waals surface area contributed by atoms with Gasteiger partial charge in [-0.2, -0.15) is 0 Å². The molecule has 1 aliphatic rings. The summed E-state index contributed by atoms with van der Waals surface area (Å²) in [4.78, 5) is 7.25. The predicted molar refractivity (Wildman–Crippen MR) is 106 cm³/mol. The van der Waals surface area contributed by atoms with Crippen LogP contribution in [0.4, 0.5) is 5.82 Å². The molecule has 134 valence electrons. The number of rotatable bonds is 5. The Balaban J connectivity index is 1.51. The number of aliphatic hydroxyl groups excluding tert-OH is 1. The Morgan fingerprint density at radius 1 is 1.08 bits per heavy atom. The molecular weight excluding hydrogens is 322 g/mol. The second-order valence-corrected chi connectivity index (χ2v) is 7.25. The van der Waals surface area contributed by atoms with E-state index in [0.717, 1.165) is 41.9 Å². The van der Waals surface area contributed by atoms with Gasteiger partial charge in [0.1, 0.15) is 5.82 Å². The van der Waals surface area contributed by atoms with Crippen molar-refractivity contribution >= 4 is 16.7 Å². The van der Waals surface area contributed by atoms with Crippen molar-refractivity contribution < 1.29 is 5.11 Å². The first kappa shape index (κ1) is 17.0. The molecule has 4 heteroatoms. The highest BCUT2D eigenvalue weighted by molar-refractivity contribution is 5.81. The summed E-state index contributed by atoms with van der Waals surface area (Å²) in [6.07, 6.45) is 0. The molecule has 1 saturated heterocycles. The van der Waals surface area contributed by atoms with Crippen LogP contribution in [-0.2, 0) is 13.2 Å². The summed E-state index contributed by atoms with van der Waals surface area (Å²) in [6, 6.07) is 21.0. The smallest absolute Gasteiger partial charge is 0.132 e. The first-order valence-corrected chi connectivity index (χ1v) is 9.25. The van der Waals surface area contributed by atoms with Gasteiger partial charge in [0.2, 0.25) is 0 Å². The molecular formula is C22H25N3O. The lowest BCUT2D eigenvalue weighted by Gasteiger charge is -2.20. The summed E-state index contributed by atoms with van der Waals surface area (Å²) in [6.45, 7) is 5.29. The second-order valence-electron chi connectivity index (χ2n) is 7.25. The quantitative estimate of drug-likeness (QED) is 0.739. The van der Waals surface area contributed by atoms with Gasteiger partial charge in [-0.05, 0) is 23.6 Å². The SMILES string of the molecule is CC1CN(Cc2ccccc2)CC1Nc1nc2ccccc2cc1CO. The monoisotopic (exact) mass is 347 g/mol. The molecule has 2 atom stereocenters. The minimum Gasteiger partial charge on any atom is -0.392 e. The van der Waals surface area contributed by atoms with E-state index in [1.807, 2.05) is 30.3 Å². The molecule has 0 aliphatic carbocycles. The van der Waals surface area contributed by atoms with Crippen LogP contribution in [0, 0.1) is 5.92 Å². The summed E-state index contributed by atoms with van der Waals surface area (Å²) in [5.41, 5.74) is 3.16. The zero-order valence-electron chi connectivity index (χ0n) is 15.1. The van der Waals surface area contributed by atoms with Crippen LogP contribution < -0.4 is 5.32 Å². The number of benzene rings is 2. The molecule has 2 heterocycles. The standard InChI is InChI=1S/C22H25N3O/c1-16-12-25(13-17-7-3-2-4-8-17)14-21(16)24-22-19(15-26)11-18-9-5-6-10-20(18)23-22/h2-11,16,21,26H,12-15H2,1H3,(H,23,24). The molecule has 0 saturated carbocycles. The molecule has 0 spiro atoms. The lowest BCUT2D eigenvalue weighted by atomic mass is 10.1. The first-order valence-electron chi connectivity index (χ1n) is 9.25. The Bertz CT molecular complexity index is 881. The van der Waals surface area contributed by atoms with Gasteiger partial charge in [-0.3, -0.25) is 4.90 Å². The topological polar surface area (TPSA) is 48.4 Å². The molecule has 3 aromatic rings.